The van der Waals surface area contributed by atoms with Crippen molar-refractivity contribution in [2.75, 3.05) is 11.5 Å². The van der Waals surface area contributed by atoms with Gasteiger partial charge in [-0.15, -0.1) is 0 Å². The zero-order valence-electron chi connectivity index (χ0n) is 15.9. The van der Waals surface area contributed by atoms with Crippen molar-refractivity contribution in [2.45, 2.75) is 58.5 Å². The second-order valence-electron chi connectivity index (χ2n) is 7.71. The zero-order valence-corrected chi connectivity index (χ0v) is 17.5. The number of carbonyl (C=O) groups excluding carboxylic acids is 2. The van der Waals surface area contributed by atoms with Gasteiger partial charge >= 0.3 is 0 Å². The molecule has 0 radical (unpaired) electrons. The summed E-state index contributed by atoms with van der Waals surface area (Å²) < 4.78 is 0. The Morgan fingerprint density at radius 3 is 2.16 bits per heavy atom. The molecule has 0 bridgehead atoms. The number of ketones is 2. The van der Waals surface area contributed by atoms with Crippen LogP contribution in [0.1, 0.15) is 58.1 Å². The van der Waals surface area contributed by atoms with Gasteiger partial charge in [0.05, 0.1) is 0 Å². The first kappa shape index (κ1) is 20.6. The fourth-order valence-electron chi connectivity index (χ4n) is 3.03. The van der Waals surface area contributed by atoms with Gasteiger partial charge in [-0.1, -0.05) is 45.0 Å². The largest absolute Gasteiger partial charge is 0.299 e. The van der Waals surface area contributed by atoms with Crippen molar-refractivity contribution in [3.05, 3.63) is 35.4 Å². The van der Waals surface area contributed by atoms with E-state index in [9.17, 15) is 9.59 Å². The van der Waals surface area contributed by atoms with Gasteiger partial charge in [0.1, 0.15) is 11.6 Å². The van der Waals surface area contributed by atoms with Gasteiger partial charge in [0.15, 0.2) is 0 Å². The molecule has 1 heterocycles. The van der Waals surface area contributed by atoms with Crippen molar-refractivity contribution in [1.29, 1.82) is 0 Å². The highest BCUT2D eigenvalue weighted by Gasteiger charge is 2.35. The Hall–Kier alpha value is -0.740. The van der Waals surface area contributed by atoms with Crippen molar-refractivity contribution in [2.24, 2.45) is 10.8 Å². The molecule has 25 heavy (non-hydrogen) atoms. The van der Waals surface area contributed by atoms with Crippen LogP contribution in [0.3, 0.4) is 0 Å². The number of rotatable bonds is 2. The van der Waals surface area contributed by atoms with Crippen LogP contribution >= 0.6 is 23.5 Å². The van der Waals surface area contributed by atoms with E-state index in [0.29, 0.717) is 18.6 Å². The number of hydrogen-bond acceptors (Lipinski definition) is 4. The van der Waals surface area contributed by atoms with Crippen LogP contribution in [0.2, 0.25) is 0 Å². The lowest BCUT2D eigenvalue weighted by molar-refractivity contribution is -0.129. The van der Waals surface area contributed by atoms with E-state index in [-0.39, 0.29) is 11.2 Å². The smallest absolute Gasteiger partial charge is 0.139 e. The van der Waals surface area contributed by atoms with E-state index in [0.717, 1.165) is 29.4 Å². The van der Waals surface area contributed by atoms with Gasteiger partial charge in [-0.25, -0.2) is 0 Å². The van der Waals surface area contributed by atoms with Crippen molar-refractivity contribution < 1.29 is 9.59 Å². The van der Waals surface area contributed by atoms with Gasteiger partial charge < -0.3 is 0 Å². The highest BCUT2D eigenvalue weighted by Crippen LogP contribution is 2.37. The van der Waals surface area contributed by atoms with Crippen molar-refractivity contribution in [1.82, 2.24) is 0 Å². The van der Waals surface area contributed by atoms with Crippen LogP contribution in [0.5, 0.6) is 0 Å². The van der Waals surface area contributed by atoms with Crippen LogP contribution < -0.4 is 0 Å². The summed E-state index contributed by atoms with van der Waals surface area (Å²) in [5, 5.41) is 0. The minimum Gasteiger partial charge on any atom is -0.299 e. The van der Waals surface area contributed by atoms with E-state index < -0.39 is 5.41 Å². The molecule has 0 N–H and O–H groups in total. The summed E-state index contributed by atoms with van der Waals surface area (Å²) in [7, 11) is 0. The summed E-state index contributed by atoms with van der Waals surface area (Å²) in [4.78, 5) is 25.2. The molecule has 0 unspecified atom stereocenters. The Kier molecular flexibility index (Phi) is 7.21. The van der Waals surface area contributed by atoms with Gasteiger partial charge in [0, 0.05) is 40.3 Å². The van der Waals surface area contributed by atoms with Gasteiger partial charge in [-0.2, -0.15) is 23.5 Å². The van der Waals surface area contributed by atoms with Gasteiger partial charge in [-0.05, 0) is 30.9 Å². The molecule has 1 aromatic rings. The van der Waals surface area contributed by atoms with Crippen LogP contribution in [-0.2, 0) is 21.1 Å². The van der Waals surface area contributed by atoms with E-state index in [1.54, 1.807) is 6.92 Å². The molecular formula is C21H30O2S2. The van der Waals surface area contributed by atoms with Crippen molar-refractivity contribution in [3.8, 4) is 0 Å². The number of benzene rings is 1. The summed E-state index contributed by atoms with van der Waals surface area (Å²) in [6, 6.07) is 8.56. The quantitative estimate of drug-likeness (QED) is 0.678. The molecule has 0 aliphatic carbocycles. The van der Waals surface area contributed by atoms with Gasteiger partial charge in [-0.3, -0.25) is 9.59 Å². The molecule has 0 amide bonds. The average molecular weight is 379 g/mol. The number of fused-ring (bicyclic) bond motifs is 1. The number of thioether (sulfide) groups is 2. The molecule has 1 aliphatic heterocycles. The normalized spacial score (nSPS) is 29.0. The number of hydrogen-bond donors (Lipinski definition) is 0. The van der Waals surface area contributed by atoms with E-state index in [1.165, 1.54) is 11.1 Å². The molecule has 4 heteroatoms. The SMILES string of the molecule is CC[C@@]1(C)CSCc2ccccc2CSC[C@@](C)(C(C)=O)CCC1=O. The van der Waals surface area contributed by atoms with Crippen LogP contribution in [0.15, 0.2) is 24.3 Å². The topological polar surface area (TPSA) is 34.1 Å². The summed E-state index contributed by atoms with van der Waals surface area (Å²) >= 11 is 3.68. The first-order chi connectivity index (χ1) is 11.8. The second-order valence-corrected chi connectivity index (χ2v) is 9.68. The van der Waals surface area contributed by atoms with Gasteiger partial charge in [0.2, 0.25) is 0 Å². The lowest BCUT2D eigenvalue weighted by Gasteiger charge is -2.30. The fourth-order valence-corrected chi connectivity index (χ4v) is 5.85. The van der Waals surface area contributed by atoms with Crippen LogP contribution in [-0.4, -0.2) is 23.1 Å². The summed E-state index contributed by atoms with van der Waals surface area (Å²) in [6.07, 6.45) is 2.02. The molecule has 138 valence electrons. The van der Waals surface area contributed by atoms with Crippen molar-refractivity contribution in [3.63, 3.8) is 0 Å². The maximum absolute atomic E-state index is 12.9. The van der Waals surface area contributed by atoms with E-state index >= 15 is 0 Å². The summed E-state index contributed by atoms with van der Waals surface area (Å²) in [5.74, 6) is 4.01. The van der Waals surface area contributed by atoms with Crippen molar-refractivity contribution >= 4 is 35.1 Å². The Morgan fingerprint density at radius 1 is 1.08 bits per heavy atom. The molecule has 0 saturated heterocycles. The fraction of sp³-hybridized carbons (Fsp3) is 0.619. The molecule has 2 nitrogen and oxygen atoms in total. The Labute approximate surface area is 160 Å². The first-order valence-electron chi connectivity index (χ1n) is 9.07. The average Bonchev–Trinajstić information content (AvgIpc) is 2.60. The summed E-state index contributed by atoms with van der Waals surface area (Å²) in [6.45, 7) is 7.89. The molecule has 1 aliphatic rings. The Bertz CT molecular complexity index is 613. The Morgan fingerprint density at radius 2 is 1.64 bits per heavy atom. The Balaban J connectivity index is 2.29. The minimum absolute atomic E-state index is 0.198. The monoisotopic (exact) mass is 378 g/mol. The number of Topliss-reactive ketones (excluding diaryl/α,β-unsaturated/α-hetero) is 2. The molecule has 0 aromatic heterocycles. The molecule has 2 atom stereocenters. The van der Waals surface area contributed by atoms with Crippen LogP contribution in [0, 0.1) is 10.8 Å². The van der Waals surface area contributed by atoms with E-state index in [2.05, 4.69) is 38.1 Å². The minimum atomic E-state index is -0.412. The highest BCUT2D eigenvalue weighted by atomic mass is 32.2. The molecule has 0 spiro atoms. The molecule has 1 aromatic carbocycles. The maximum atomic E-state index is 12.9. The first-order valence-corrected chi connectivity index (χ1v) is 11.4. The zero-order chi connectivity index (χ0) is 18.5. The standard InChI is InChI=1S/C21H30O2S2/c1-5-20(3)14-24-12-17-8-6-7-9-18(17)13-25-15-21(4,16(2)22)11-10-19(20)23/h6-9H,5,10-15H2,1-4H3/t20-,21-/m0/s1. The van der Waals surface area contributed by atoms with Crippen LogP contribution in [0.25, 0.3) is 0 Å². The lowest BCUT2D eigenvalue weighted by atomic mass is 9.77. The predicted octanol–water partition coefficient (Wildman–Crippen LogP) is 5.53. The third-order valence-electron chi connectivity index (χ3n) is 5.68. The molecule has 0 fully saturated rings. The molecule has 0 saturated carbocycles. The predicted molar refractivity (Wildman–Crippen MR) is 110 cm³/mol. The molecule has 2 rings (SSSR count). The third kappa shape index (κ3) is 5.13. The highest BCUT2D eigenvalue weighted by molar-refractivity contribution is 7.98. The van der Waals surface area contributed by atoms with Gasteiger partial charge in [0.25, 0.3) is 0 Å². The maximum Gasteiger partial charge on any atom is 0.139 e. The lowest BCUT2D eigenvalue weighted by Crippen LogP contribution is -2.34. The van der Waals surface area contributed by atoms with E-state index in [4.69, 9.17) is 0 Å². The van der Waals surface area contributed by atoms with E-state index in [1.807, 2.05) is 30.4 Å². The van der Waals surface area contributed by atoms with Crippen LogP contribution in [0.4, 0.5) is 0 Å². The third-order valence-corrected chi connectivity index (χ3v) is 8.39. The molecular weight excluding hydrogens is 348 g/mol. The second kappa shape index (κ2) is 8.77. The number of carbonyl (C=O) groups is 2. The summed E-state index contributed by atoms with van der Waals surface area (Å²) in [5.41, 5.74) is 2.01.